The van der Waals surface area contributed by atoms with E-state index in [0.717, 1.165) is 5.56 Å². The number of hydrogen-bond donors (Lipinski definition) is 0. The van der Waals surface area contributed by atoms with Crippen LogP contribution in [0.1, 0.15) is 19.4 Å². The fourth-order valence-corrected chi connectivity index (χ4v) is 4.42. The number of hydrogen-bond acceptors (Lipinski definition) is 5. The molecule has 0 atom stereocenters. The predicted molar refractivity (Wildman–Crippen MR) is 121 cm³/mol. The molecule has 2 aromatic carbocycles. The average Bonchev–Trinajstić information content (AvgIpc) is 2.92. The molecule has 0 spiro atoms. The standard InChI is InChI=1S/C20H17Cl2NO3S2/c1-3-25-16-8-5-12(9-17(16)26-4-2)10-18-19(24)23(20(27)28-18)15-7-6-13(21)11-14(15)22/h5-11H,3-4H2,1-2H3/b18-10-. The van der Waals surface area contributed by atoms with Crippen molar-refractivity contribution in [2.45, 2.75) is 13.8 Å². The molecule has 1 aliphatic rings. The number of amides is 1. The number of ether oxygens (including phenoxy) is 2. The lowest BCUT2D eigenvalue weighted by Gasteiger charge is -2.16. The molecule has 3 rings (SSSR count). The Morgan fingerprint density at radius 1 is 1.07 bits per heavy atom. The highest BCUT2D eigenvalue weighted by Gasteiger charge is 2.34. The third-order valence-electron chi connectivity index (χ3n) is 3.81. The first kappa shape index (κ1) is 21.0. The third kappa shape index (κ3) is 4.46. The van der Waals surface area contributed by atoms with Crippen molar-refractivity contribution in [2.24, 2.45) is 0 Å². The van der Waals surface area contributed by atoms with Gasteiger partial charge in [0.2, 0.25) is 0 Å². The Hall–Kier alpha value is -1.73. The van der Waals surface area contributed by atoms with E-state index in [-0.39, 0.29) is 5.91 Å². The zero-order valence-corrected chi connectivity index (χ0v) is 18.3. The Morgan fingerprint density at radius 2 is 1.79 bits per heavy atom. The van der Waals surface area contributed by atoms with Crippen LogP contribution in [0.15, 0.2) is 41.3 Å². The number of rotatable bonds is 6. The van der Waals surface area contributed by atoms with Gasteiger partial charge in [-0.1, -0.05) is 53.2 Å². The third-order valence-corrected chi connectivity index (χ3v) is 5.65. The van der Waals surface area contributed by atoms with Gasteiger partial charge in [0.15, 0.2) is 15.8 Å². The summed E-state index contributed by atoms with van der Waals surface area (Å²) in [6.07, 6.45) is 1.78. The van der Waals surface area contributed by atoms with Crippen LogP contribution in [-0.2, 0) is 4.79 Å². The van der Waals surface area contributed by atoms with E-state index in [1.54, 1.807) is 24.3 Å². The lowest BCUT2D eigenvalue weighted by molar-refractivity contribution is -0.113. The van der Waals surface area contributed by atoms with Crippen molar-refractivity contribution in [2.75, 3.05) is 18.1 Å². The van der Waals surface area contributed by atoms with Crippen molar-refractivity contribution in [3.05, 3.63) is 56.9 Å². The second kappa shape index (κ2) is 9.18. The van der Waals surface area contributed by atoms with E-state index < -0.39 is 0 Å². The lowest BCUT2D eigenvalue weighted by atomic mass is 10.1. The highest BCUT2D eigenvalue weighted by atomic mass is 35.5. The van der Waals surface area contributed by atoms with E-state index in [2.05, 4.69) is 0 Å². The fourth-order valence-electron chi connectivity index (χ4n) is 2.65. The largest absolute Gasteiger partial charge is 0.490 e. The number of nitrogens with zero attached hydrogens (tertiary/aromatic N) is 1. The van der Waals surface area contributed by atoms with Crippen LogP contribution in [0.25, 0.3) is 6.08 Å². The molecule has 1 fully saturated rings. The quantitative estimate of drug-likeness (QED) is 0.384. The zero-order valence-electron chi connectivity index (χ0n) is 15.2. The van der Waals surface area contributed by atoms with Crippen LogP contribution in [-0.4, -0.2) is 23.4 Å². The molecule has 28 heavy (non-hydrogen) atoms. The van der Waals surface area contributed by atoms with Crippen LogP contribution >= 0.6 is 47.2 Å². The van der Waals surface area contributed by atoms with Crippen molar-refractivity contribution >= 4 is 69.2 Å². The first-order chi connectivity index (χ1) is 13.4. The van der Waals surface area contributed by atoms with Gasteiger partial charge in [-0.05, 0) is 55.8 Å². The predicted octanol–water partition coefficient (Wildman–Crippen LogP) is 6.20. The summed E-state index contributed by atoms with van der Waals surface area (Å²) in [6, 6.07) is 10.5. The molecule has 0 unspecified atom stereocenters. The van der Waals surface area contributed by atoms with Gasteiger partial charge in [-0.2, -0.15) is 0 Å². The van der Waals surface area contributed by atoms with Gasteiger partial charge in [-0.15, -0.1) is 0 Å². The minimum atomic E-state index is -0.230. The van der Waals surface area contributed by atoms with E-state index in [4.69, 9.17) is 44.9 Å². The van der Waals surface area contributed by atoms with E-state index in [0.29, 0.717) is 49.7 Å². The number of halogens is 2. The summed E-state index contributed by atoms with van der Waals surface area (Å²) < 4.78 is 11.6. The molecule has 146 valence electrons. The molecular weight excluding hydrogens is 437 g/mol. The first-order valence-electron chi connectivity index (χ1n) is 8.57. The molecule has 2 aromatic rings. The Morgan fingerprint density at radius 3 is 2.46 bits per heavy atom. The van der Waals surface area contributed by atoms with Crippen LogP contribution in [0.3, 0.4) is 0 Å². The summed E-state index contributed by atoms with van der Waals surface area (Å²) in [5.74, 6) is 1.07. The second-order valence-electron chi connectivity index (χ2n) is 5.69. The van der Waals surface area contributed by atoms with Gasteiger partial charge in [-0.25, -0.2) is 0 Å². The monoisotopic (exact) mass is 453 g/mol. The van der Waals surface area contributed by atoms with Gasteiger partial charge in [0.1, 0.15) is 0 Å². The minimum Gasteiger partial charge on any atom is -0.490 e. The maximum absolute atomic E-state index is 12.9. The van der Waals surface area contributed by atoms with Gasteiger partial charge in [0.05, 0.1) is 28.8 Å². The van der Waals surface area contributed by atoms with Crippen LogP contribution in [0.5, 0.6) is 11.5 Å². The normalized spacial score (nSPS) is 15.4. The molecule has 0 aliphatic carbocycles. The topological polar surface area (TPSA) is 38.8 Å². The van der Waals surface area contributed by atoms with Crippen LogP contribution in [0.4, 0.5) is 5.69 Å². The highest BCUT2D eigenvalue weighted by molar-refractivity contribution is 8.27. The van der Waals surface area contributed by atoms with E-state index >= 15 is 0 Å². The summed E-state index contributed by atoms with van der Waals surface area (Å²) in [5, 5.41) is 0.859. The van der Waals surface area contributed by atoms with E-state index in [1.807, 2.05) is 32.0 Å². The maximum Gasteiger partial charge on any atom is 0.270 e. The van der Waals surface area contributed by atoms with Crippen molar-refractivity contribution < 1.29 is 14.3 Å². The first-order valence-corrected chi connectivity index (χ1v) is 10.5. The lowest BCUT2D eigenvalue weighted by Crippen LogP contribution is -2.27. The molecule has 4 nitrogen and oxygen atoms in total. The molecule has 0 saturated carbocycles. The molecule has 0 aromatic heterocycles. The number of benzene rings is 2. The Labute approximate surface area is 183 Å². The fraction of sp³-hybridized carbons (Fsp3) is 0.200. The average molecular weight is 454 g/mol. The van der Waals surface area contributed by atoms with Crippen LogP contribution < -0.4 is 14.4 Å². The summed E-state index contributed by atoms with van der Waals surface area (Å²) in [7, 11) is 0. The van der Waals surface area contributed by atoms with Gasteiger partial charge in [-0.3, -0.25) is 9.69 Å². The second-order valence-corrected chi connectivity index (χ2v) is 8.20. The molecular formula is C20H17Cl2NO3S2. The van der Waals surface area contributed by atoms with Crippen molar-refractivity contribution in [1.82, 2.24) is 0 Å². The maximum atomic E-state index is 12.9. The SMILES string of the molecule is CCOc1ccc(/C=C2\SC(=S)N(c3ccc(Cl)cc3Cl)C2=O)cc1OCC. The zero-order chi connectivity index (χ0) is 20.3. The molecule has 0 N–H and O–H groups in total. The van der Waals surface area contributed by atoms with Crippen molar-refractivity contribution in [1.29, 1.82) is 0 Å². The number of carbonyl (C=O) groups is 1. The Bertz CT molecular complexity index is 962. The molecule has 1 aliphatic heterocycles. The Kier molecular flexibility index (Phi) is 6.88. The number of carbonyl (C=O) groups excluding carboxylic acids is 1. The van der Waals surface area contributed by atoms with Crippen molar-refractivity contribution in [3.63, 3.8) is 0 Å². The molecule has 0 bridgehead atoms. The molecule has 1 saturated heterocycles. The Balaban J connectivity index is 1.92. The highest BCUT2D eigenvalue weighted by Crippen LogP contribution is 2.40. The van der Waals surface area contributed by atoms with E-state index in [9.17, 15) is 4.79 Å². The van der Waals surface area contributed by atoms with Gasteiger partial charge in [0.25, 0.3) is 5.91 Å². The van der Waals surface area contributed by atoms with Gasteiger partial charge in [0, 0.05) is 5.02 Å². The summed E-state index contributed by atoms with van der Waals surface area (Å²) in [6.45, 7) is 4.88. The van der Waals surface area contributed by atoms with Gasteiger partial charge < -0.3 is 9.47 Å². The van der Waals surface area contributed by atoms with E-state index in [1.165, 1.54) is 16.7 Å². The number of anilines is 1. The summed E-state index contributed by atoms with van der Waals surface area (Å²) in [4.78, 5) is 14.9. The van der Waals surface area contributed by atoms with Crippen LogP contribution in [0.2, 0.25) is 10.0 Å². The summed E-state index contributed by atoms with van der Waals surface area (Å²) >= 11 is 18.8. The molecule has 1 heterocycles. The van der Waals surface area contributed by atoms with Crippen molar-refractivity contribution in [3.8, 4) is 11.5 Å². The molecule has 0 radical (unpaired) electrons. The molecule has 1 amide bonds. The van der Waals surface area contributed by atoms with Gasteiger partial charge >= 0.3 is 0 Å². The summed E-state index contributed by atoms with van der Waals surface area (Å²) in [5.41, 5.74) is 1.33. The molecule has 8 heteroatoms. The minimum absolute atomic E-state index is 0.230. The van der Waals surface area contributed by atoms with Crippen LogP contribution in [0, 0.1) is 0 Å². The smallest absolute Gasteiger partial charge is 0.270 e. The number of thioether (sulfide) groups is 1. The number of thiocarbonyl (C=S) groups is 1.